The van der Waals surface area contributed by atoms with Gasteiger partial charge in [0.15, 0.2) is 0 Å². The third-order valence-corrected chi connectivity index (χ3v) is 8.54. The van der Waals surface area contributed by atoms with Crippen molar-refractivity contribution in [3.05, 3.63) is 45.8 Å². The monoisotopic (exact) mass is 461 g/mol. The van der Waals surface area contributed by atoms with Crippen molar-refractivity contribution in [2.75, 3.05) is 25.5 Å². The highest BCUT2D eigenvalue weighted by Gasteiger charge is 2.34. The van der Waals surface area contributed by atoms with Crippen LogP contribution in [-0.4, -0.2) is 44.8 Å². The third kappa shape index (κ3) is 4.49. The van der Waals surface area contributed by atoms with Crippen LogP contribution in [0.3, 0.4) is 0 Å². The van der Waals surface area contributed by atoms with Gasteiger partial charge in [-0.05, 0) is 44.4 Å². The van der Waals surface area contributed by atoms with Gasteiger partial charge in [-0.1, -0.05) is 12.1 Å². The number of aryl methyl sites for hydroxylation is 1. The number of hydrogen-bond acceptors (Lipinski definition) is 7. The largest absolute Gasteiger partial charge is 0.465 e. The fourth-order valence-electron chi connectivity index (χ4n) is 3.56. The highest BCUT2D eigenvalue weighted by Crippen LogP contribution is 2.34. The summed E-state index contributed by atoms with van der Waals surface area (Å²) in [6.07, 6.45) is 0.688. The quantitative estimate of drug-likeness (QED) is 0.684. The number of thiophene rings is 1. The Hall–Kier alpha value is -2.74. The number of piperidine rings is 1. The Morgan fingerprint density at radius 2 is 1.87 bits per heavy atom. The normalized spacial score (nSPS) is 15.3. The molecule has 1 aromatic heterocycles. The van der Waals surface area contributed by atoms with E-state index in [2.05, 4.69) is 5.32 Å². The van der Waals surface area contributed by atoms with Crippen LogP contribution >= 0.6 is 11.3 Å². The number of ether oxygens (including phenoxy) is 1. The maximum Gasteiger partial charge on any atom is 0.341 e. The zero-order chi connectivity index (χ0) is 22.8. The lowest BCUT2D eigenvalue weighted by molar-refractivity contribution is -0.120. The topological polar surface area (TPSA) is 117 Å². The SMILES string of the molecule is COC(=O)c1c(NC(=O)C2CCN(S(=O)(=O)c3ccccc3C#N)CC2)sc(C)c1C. The van der Waals surface area contributed by atoms with Crippen LogP contribution in [0, 0.1) is 31.1 Å². The zero-order valence-electron chi connectivity index (χ0n) is 17.5. The van der Waals surface area contributed by atoms with Gasteiger partial charge in [-0.15, -0.1) is 11.3 Å². The molecule has 0 aliphatic carbocycles. The Kier molecular flexibility index (Phi) is 6.79. The Morgan fingerprint density at radius 1 is 1.23 bits per heavy atom. The highest BCUT2D eigenvalue weighted by atomic mass is 32.2. The molecule has 0 spiro atoms. The standard InChI is InChI=1S/C21H23N3O5S2/c1-13-14(2)30-20(18(13)21(26)29-3)23-19(25)15-8-10-24(11-9-15)31(27,28)17-7-5-4-6-16(17)12-22/h4-7,15H,8-11H2,1-3H3,(H,23,25). The van der Waals surface area contributed by atoms with E-state index in [1.54, 1.807) is 19.1 Å². The maximum atomic E-state index is 13.0. The smallest absolute Gasteiger partial charge is 0.341 e. The molecule has 0 unspecified atom stereocenters. The lowest BCUT2D eigenvalue weighted by Crippen LogP contribution is -2.41. The molecule has 8 nitrogen and oxygen atoms in total. The highest BCUT2D eigenvalue weighted by molar-refractivity contribution is 7.89. The zero-order valence-corrected chi connectivity index (χ0v) is 19.1. The summed E-state index contributed by atoms with van der Waals surface area (Å²) in [5.41, 5.74) is 1.22. The number of hydrogen-bond donors (Lipinski definition) is 1. The van der Waals surface area contributed by atoms with Crippen LogP contribution in [0.25, 0.3) is 0 Å². The molecule has 1 aromatic carbocycles. The summed E-state index contributed by atoms with van der Waals surface area (Å²) in [6.45, 7) is 4.01. The van der Waals surface area contributed by atoms with E-state index < -0.39 is 16.0 Å². The summed E-state index contributed by atoms with van der Waals surface area (Å²) in [4.78, 5) is 25.8. The first-order valence-electron chi connectivity index (χ1n) is 9.69. The van der Waals surface area contributed by atoms with Crippen LogP contribution in [0.4, 0.5) is 5.00 Å². The van der Waals surface area contributed by atoms with Gasteiger partial charge in [0.25, 0.3) is 0 Å². The van der Waals surface area contributed by atoms with Crippen LogP contribution in [0.2, 0.25) is 0 Å². The van der Waals surface area contributed by atoms with Crippen molar-refractivity contribution in [3.63, 3.8) is 0 Å². The van der Waals surface area contributed by atoms with Crippen molar-refractivity contribution in [1.29, 1.82) is 5.26 Å². The molecule has 1 aliphatic heterocycles. The van der Waals surface area contributed by atoms with Crippen molar-refractivity contribution < 1.29 is 22.7 Å². The predicted octanol–water partition coefficient (Wildman–Crippen LogP) is 3.06. The van der Waals surface area contributed by atoms with Gasteiger partial charge in [-0.2, -0.15) is 9.57 Å². The second kappa shape index (κ2) is 9.18. The van der Waals surface area contributed by atoms with Crippen molar-refractivity contribution in [1.82, 2.24) is 4.31 Å². The number of nitrogens with zero attached hydrogens (tertiary/aromatic N) is 2. The van der Waals surface area contributed by atoms with E-state index in [4.69, 9.17) is 4.74 Å². The number of carbonyl (C=O) groups excluding carboxylic acids is 2. The first-order chi connectivity index (χ1) is 14.7. The van der Waals surface area contributed by atoms with Crippen LogP contribution in [0.5, 0.6) is 0 Å². The number of sulfonamides is 1. The number of nitrogens with one attached hydrogen (secondary N) is 1. The average Bonchev–Trinajstić information content (AvgIpc) is 3.06. The van der Waals surface area contributed by atoms with E-state index in [1.165, 1.54) is 34.9 Å². The second-order valence-corrected chi connectivity index (χ2v) is 10.4. The Morgan fingerprint density at radius 3 is 2.48 bits per heavy atom. The lowest BCUT2D eigenvalue weighted by Gasteiger charge is -2.30. The second-order valence-electron chi connectivity index (χ2n) is 7.25. The summed E-state index contributed by atoms with van der Waals surface area (Å²) in [5.74, 6) is -1.14. The minimum atomic E-state index is -3.82. The minimum absolute atomic E-state index is 0.0207. The molecule has 0 atom stereocenters. The van der Waals surface area contributed by atoms with Gasteiger partial charge in [0.1, 0.15) is 11.1 Å². The maximum absolute atomic E-state index is 13.0. The molecular weight excluding hydrogens is 438 g/mol. The van der Waals surface area contributed by atoms with Crippen molar-refractivity contribution in [2.24, 2.45) is 5.92 Å². The summed E-state index contributed by atoms with van der Waals surface area (Å²) < 4.78 is 32.0. The molecule has 2 heterocycles. The van der Waals surface area contributed by atoms with E-state index in [9.17, 15) is 23.3 Å². The van der Waals surface area contributed by atoms with Gasteiger partial charge in [-0.25, -0.2) is 13.2 Å². The molecule has 1 fully saturated rings. The number of benzene rings is 1. The first-order valence-corrected chi connectivity index (χ1v) is 11.9. The summed E-state index contributed by atoms with van der Waals surface area (Å²) in [6, 6.07) is 8.00. The number of nitriles is 1. The molecule has 31 heavy (non-hydrogen) atoms. The number of amides is 1. The van der Waals surface area contributed by atoms with Gasteiger partial charge in [0, 0.05) is 23.9 Å². The van der Waals surface area contributed by atoms with Crippen molar-refractivity contribution >= 4 is 38.2 Å². The van der Waals surface area contributed by atoms with Gasteiger partial charge in [0.05, 0.1) is 23.1 Å². The molecule has 3 rings (SSSR count). The van der Waals surface area contributed by atoms with Crippen LogP contribution < -0.4 is 5.32 Å². The van der Waals surface area contributed by atoms with E-state index in [0.717, 1.165) is 10.4 Å². The number of rotatable bonds is 5. The predicted molar refractivity (Wildman–Crippen MR) is 116 cm³/mol. The number of carbonyl (C=O) groups is 2. The Labute approximate surface area is 185 Å². The lowest BCUT2D eigenvalue weighted by atomic mass is 9.97. The molecular formula is C21H23N3O5S2. The third-order valence-electron chi connectivity index (χ3n) is 5.46. The molecule has 0 saturated carbocycles. The van der Waals surface area contributed by atoms with E-state index in [1.807, 2.05) is 13.0 Å². The fraction of sp³-hybridized carbons (Fsp3) is 0.381. The molecule has 0 bridgehead atoms. The molecule has 164 valence electrons. The summed E-state index contributed by atoms with van der Waals surface area (Å²) >= 11 is 1.31. The number of methoxy groups -OCH3 is 1. The molecule has 1 amide bonds. The molecule has 10 heteroatoms. The number of anilines is 1. The average molecular weight is 462 g/mol. The van der Waals surface area contributed by atoms with Gasteiger partial charge in [0.2, 0.25) is 15.9 Å². The van der Waals surface area contributed by atoms with E-state index in [0.29, 0.717) is 23.4 Å². The first kappa shape index (κ1) is 22.9. The van der Waals surface area contributed by atoms with Crippen LogP contribution in [-0.2, 0) is 19.6 Å². The summed E-state index contributed by atoms with van der Waals surface area (Å²) in [7, 11) is -2.52. The molecule has 1 aliphatic rings. The van der Waals surface area contributed by atoms with E-state index in [-0.39, 0.29) is 35.4 Å². The molecule has 2 aromatic rings. The van der Waals surface area contributed by atoms with Gasteiger partial charge >= 0.3 is 5.97 Å². The van der Waals surface area contributed by atoms with Crippen LogP contribution in [0.15, 0.2) is 29.2 Å². The van der Waals surface area contributed by atoms with Gasteiger partial charge in [-0.3, -0.25) is 4.79 Å². The summed E-state index contributed by atoms with van der Waals surface area (Å²) in [5, 5.41) is 12.5. The van der Waals surface area contributed by atoms with Crippen LogP contribution in [0.1, 0.15) is 39.2 Å². The molecule has 0 radical (unpaired) electrons. The van der Waals surface area contributed by atoms with Gasteiger partial charge < -0.3 is 10.1 Å². The number of esters is 1. The fourth-order valence-corrected chi connectivity index (χ4v) is 6.22. The van der Waals surface area contributed by atoms with E-state index >= 15 is 0 Å². The Balaban J connectivity index is 1.71. The van der Waals surface area contributed by atoms with Crippen molar-refractivity contribution in [3.8, 4) is 6.07 Å². The molecule has 1 N–H and O–H groups in total. The minimum Gasteiger partial charge on any atom is -0.465 e. The van der Waals surface area contributed by atoms with Crippen molar-refractivity contribution in [2.45, 2.75) is 31.6 Å². The molecule has 1 saturated heterocycles. The Bertz CT molecular complexity index is 1160.